The number of thiazole rings is 1. The largest absolute Gasteiger partial charge is 0.366 e. The second kappa shape index (κ2) is 8.01. The molecule has 3 heterocycles. The molecule has 0 aliphatic heterocycles. The van der Waals surface area contributed by atoms with Gasteiger partial charge in [-0.15, -0.1) is 11.3 Å². The predicted octanol–water partition coefficient (Wildman–Crippen LogP) is 4.63. The van der Waals surface area contributed by atoms with Crippen molar-refractivity contribution in [3.8, 4) is 22.0 Å². The Hall–Kier alpha value is -3.25. The van der Waals surface area contributed by atoms with Crippen LogP contribution in [-0.2, 0) is 13.0 Å². The van der Waals surface area contributed by atoms with E-state index in [-0.39, 0.29) is 0 Å². The van der Waals surface area contributed by atoms with E-state index in [2.05, 4.69) is 40.7 Å². The van der Waals surface area contributed by atoms with E-state index in [1.165, 1.54) is 11.1 Å². The monoisotopic (exact) mass is 402 g/mol. The molecule has 2 N–H and O–H groups in total. The Bertz CT molecular complexity index is 1140. The Kier molecular flexibility index (Phi) is 5.27. The second-order valence-electron chi connectivity index (χ2n) is 7.06. The molecule has 5 nitrogen and oxygen atoms in total. The molecule has 0 saturated carbocycles. The molecule has 0 radical (unpaired) electrons. The van der Waals surface area contributed by atoms with Crippen LogP contribution in [0.5, 0.6) is 0 Å². The molecule has 0 atom stereocenters. The number of benzene rings is 1. The van der Waals surface area contributed by atoms with E-state index in [9.17, 15) is 4.79 Å². The van der Waals surface area contributed by atoms with E-state index >= 15 is 0 Å². The summed E-state index contributed by atoms with van der Waals surface area (Å²) in [6.07, 6.45) is 4.41. The van der Waals surface area contributed by atoms with Crippen LogP contribution in [0.1, 0.15) is 27.2 Å². The molecule has 1 aromatic carbocycles. The summed E-state index contributed by atoms with van der Waals surface area (Å²) in [6.45, 7) is 4.77. The zero-order valence-electron chi connectivity index (χ0n) is 16.4. The summed E-state index contributed by atoms with van der Waals surface area (Å²) in [5.74, 6) is -0.416. The van der Waals surface area contributed by atoms with Gasteiger partial charge in [-0.1, -0.05) is 29.8 Å². The van der Waals surface area contributed by atoms with Crippen molar-refractivity contribution in [2.75, 3.05) is 0 Å². The van der Waals surface area contributed by atoms with Crippen molar-refractivity contribution in [2.24, 2.45) is 5.73 Å². The van der Waals surface area contributed by atoms with E-state index in [1.54, 1.807) is 23.7 Å². The van der Waals surface area contributed by atoms with Crippen LogP contribution in [0.3, 0.4) is 0 Å². The van der Waals surface area contributed by atoms with Gasteiger partial charge in [-0.3, -0.25) is 9.78 Å². The standard InChI is InChI=1S/C23H22N4OS/c1-15-5-7-17(8-6-15)9-11-27-16(2)19(22(24)28)12-21(27)20-14-29-23(26-20)18-4-3-10-25-13-18/h3-8,10,12-14H,9,11H2,1-2H3,(H2,24,28). The molecule has 4 aromatic rings. The fourth-order valence-electron chi connectivity index (χ4n) is 3.40. The number of primary amides is 1. The molecule has 1 amide bonds. The number of aryl methyl sites for hydroxylation is 2. The van der Waals surface area contributed by atoms with Crippen LogP contribution in [0.2, 0.25) is 0 Å². The molecule has 3 aromatic heterocycles. The van der Waals surface area contributed by atoms with Gasteiger partial charge in [-0.05, 0) is 44.0 Å². The van der Waals surface area contributed by atoms with E-state index in [0.29, 0.717) is 5.56 Å². The lowest BCUT2D eigenvalue weighted by Crippen LogP contribution is -2.13. The highest BCUT2D eigenvalue weighted by atomic mass is 32.1. The first-order chi connectivity index (χ1) is 14.0. The first-order valence-electron chi connectivity index (χ1n) is 9.44. The minimum Gasteiger partial charge on any atom is -0.366 e. The maximum atomic E-state index is 11.9. The fourth-order valence-corrected chi connectivity index (χ4v) is 4.21. The number of carbonyl (C=O) groups is 1. The van der Waals surface area contributed by atoms with Gasteiger partial charge in [0.1, 0.15) is 5.01 Å². The lowest BCUT2D eigenvalue weighted by Gasteiger charge is -2.11. The highest BCUT2D eigenvalue weighted by molar-refractivity contribution is 7.13. The number of pyridine rings is 1. The third-order valence-corrected chi connectivity index (χ3v) is 5.94. The number of nitrogens with zero attached hydrogens (tertiary/aromatic N) is 3. The Balaban J connectivity index is 1.69. The molecular weight excluding hydrogens is 380 g/mol. The zero-order chi connectivity index (χ0) is 20.4. The van der Waals surface area contributed by atoms with Gasteiger partial charge in [0.25, 0.3) is 5.91 Å². The first-order valence-corrected chi connectivity index (χ1v) is 10.3. The summed E-state index contributed by atoms with van der Waals surface area (Å²) in [5, 5.41) is 2.92. The van der Waals surface area contributed by atoms with Gasteiger partial charge in [-0.2, -0.15) is 0 Å². The van der Waals surface area contributed by atoms with Gasteiger partial charge in [0, 0.05) is 35.6 Å². The summed E-state index contributed by atoms with van der Waals surface area (Å²) in [6, 6.07) is 14.3. The van der Waals surface area contributed by atoms with Crippen molar-refractivity contribution >= 4 is 17.2 Å². The van der Waals surface area contributed by atoms with Gasteiger partial charge in [0.05, 0.1) is 17.0 Å². The normalized spacial score (nSPS) is 11.0. The molecule has 0 bridgehead atoms. The molecule has 0 spiro atoms. The Labute approximate surface area is 173 Å². The topological polar surface area (TPSA) is 73.8 Å². The summed E-state index contributed by atoms with van der Waals surface area (Å²) in [7, 11) is 0. The average molecular weight is 403 g/mol. The lowest BCUT2D eigenvalue weighted by atomic mass is 10.1. The number of rotatable bonds is 6. The van der Waals surface area contributed by atoms with Crippen LogP contribution in [0.4, 0.5) is 0 Å². The molecule has 0 unspecified atom stereocenters. The van der Waals surface area contributed by atoms with Crippen molar-refractivity contribution in [3.05, 3.63) is 82.6 Å². The molecule has 0 fully saturated rings. The number of hydrogen-bond donors (Lipinski definition) is 1. The summed E-state index contributed by atoms with van der Waals surface area (Å²) in [4.78, 5) is 20.9. The smallest absolute Gasteiger partial charge is 0.250 e. The zero-order valence-corrected chi connectivity index (χ0v) is 17.2. The molecule has 0 aliphatic rings. The third kappa shape index (κ3) is 3.98. The maximum absolute atomic E-state index is 11.9. The van der Waals surface area contributed by atoms with Gasteiger partial charge in [0.2, 0.25) is 0 Å². The SMILES string of the molecule is Cc1ccc(CCn2c(-c3csc(-c4cccnc4)n3)cc(C(N)=O)c2C)cc1. The predicted molar refractivity (Wildman–Crippen MR) is 117 cm³/mol. The van der Waals surface area contributed by atoms with Crippen LogP contribution in [0.25, 0.3) is 22.0 Å². The molecular formula is C23H22N4OS. The van der Waals surface area contributed by atoms with Gasteiger partial charge >= 0.3 is 0 Å². The fraction of sp³-hybridized carbons (Fsp3) is 0.174. The van der Waals surface area contributed by atoms with Crippen molar-refractivity contribution in [2.45, 2.75) is 26.8 Å². The van der Waals surface area contributed by atoms with Crippen molar-refractivity contribution in [3.63, 3.8) is 0 Å². The number of aromatic nitrogens is 3. The lowest BCUT2D eigenvalue weighted by molar-refractivity contribution is 0.0999. The van der Waals surface area contributed by atoms with Crippen LogP contribution in [0, 0.1) is 13.8 Å². The van der Waals surface area contributed by atoms with E-state index in [4.69, 9.17) is 10.7 Å². The Morgan fingerprint density at radius 1 is 1.17 bits per heavy atom. The highest BCUT2D eigenvalue weighted by Gasteiger charge is 2.19. The van der Waals surface area contributed by atoms with Gasteiger partial charge in [0.15, 0.2) is 0 Å². The molecule has 4 rings (SSSR count). The summed E-state index contributed by atoms with van der Waals surface area (Å²) >= 11 is 1.57. The van der Waals surface area contributed by atoms with Crippen LogP contribution < -0.4 is 5.73 Å². The molecule has 146 valence electrons. The summed E-state index contributed by atoms with van der Waals surface area (Å²) in [5.41, 5.74) is 12.3. The molecule has 0 saturated heterocycles. The number of nitrogens with two attached hydrogens (primary N) is 1. The van der Waals surface area contributed by atoms with E-state index < -0.39 is 5.91 Å². The van der Waals surface area contributed by atoms with Crippen LogP contribution in [-0.4, -0.2) is 20.4 Å². The Morgan fingerprint density at radius 2 is 1.97 bits per heavy atom. The van der Waals surface area contributed by atoms with Crippen LogP contribution in [0.15, 0.2) is 60.2 Å². The van der Waals surface area contributed by atoms with E-state index in [1.807, 2.05) is 30.5 Å². The molecule has 6 heteroatoms. The van der Waals surface area contributed by atoms with Gasteiger partial charge < -0.3 is 10.3 Å². The third-order valence-electron chi connectivity index (χ3n) is 5.05. The van der Waals surface area contributed by atoms with E-state index in [0.717, 1.165) is 40.6 Å². The number of amides is 1. The van der Waals surface area contributed by atoms with Crippen molar-refractivity contribution in [1.29, 1.82) is 0 Å². The Morgan fingerprint density at radius 3 is 2.66 bits per heavy atom. The first kappa shape index (κ1) is 19.1. The number of carbonyl (C=O) groups excluding carboxylic acids is 1. The van der Waals surface area contributed by atoms with Crippen molar-refractivity contribution < 1.29 is 4.79 Å². The van der Waals surface area contributed by atoms with Crippen LogP contribution >= 0.6 is 11.3 Å². The quantitative estimate of drug-likeness (QED) is 0.511. The number of hydrogen-bond acceptors (Lipinski definition) is 4. The average Bonchev–Trinajstić information content (AvgIpc) is 3.33. The second-order valence-corrected chi connectivity index (χ2v) is 7.92. The summed E-state index contributed by atoms with van der Waals surface area (Å²) < 4.78 is 2.14. The van der Waals surface area contributed by atoms with Crippen molar-refractivity contribution in [1.82, 2.24) is 14.5 Å². The minimum atomic E-state index is -0.416. The molecule has 29 heavy (non-hydrogen) atoms. The van der Waals surface area contributed by atoms with Gasteiger partial charge in [-0.25, -0.2) is 4.98 Å². The highest BCUT2D eigenvalue weighted by Crippen LogP contribution is 2.31. The maximum Gasteiger partial charge on any atom is 0.250 e. The molecule has 0 aliphatic carbocycles. The minimum absolute atomic E-state index is 0.416.